The largest absolute Gasteiger partial charge is 0.293 e. The van der Waals surface area contributed by atoms with Crippen LogP contribution in [0.25, 0.3) is 0 Å². The van der Waals surface area contributed by atoms with Gasteiger partial charge in [-0.3, -0.25) is 4.79 Å². The van der Waals surface area contributed by atoms with Crippen LogP contribution in [0.3, 0.4) is 0 Å². The van der Waals surface area contributed by atoms with Crippen molar-refractivity contribution < 1.29 is 4.79 Å². The molecular formula is C12H12OS. The minimum atomic E-state index is 0.109. The molecule has 1 nitrogen and oxygen atoms in total. The zero-order chi connectivity index (χ0) is 9.97. The number of carbonyl (C=O) groups excluding carboxylic acids is 1. The summed E-state index contributed by atoms with van der Waals surface area (Å²) in [5.74, 6) is 0.250. The van der Waals surface area contributed by atoms with Gasteiger partial charge in [0.15, 0.2) is 5.78 Å². The number of hydrogen-bond acceptors (Lipinski definition) is 2. The molecule has 1 unspecified atom stereocenters. The van der Waals surface area contributed by atoms with Crippen LogP contribution in [0.5, 0.6) is 0 Å². The van der Waals surface area contributed by atoms with E-state index in [4.69, 9.17) is 0 Å². The Hall–Kier alpha value is -1.02. The van der Waals surface area contributed by atoms with E-state index in [2.05, 4.69) is 6.08 Å². The Bertz CT molecular complexity index is 356. The van der Waals surface area contributed by atoms with Crippen LogP contribution < -0.4 is 0 Å². The molecule has 0 spiro atoms. The lowest BCUT2D eigenvalue weighted by Gasteiger charge is -2.07. The summed E-state index contributed by atoms with van der Waals surface area (Å²) in [6.45, 7) is 2.03. The van der Waals surface area contributed by atoms with Crippen LogP contribution in [0.4, 0.5) is 0 Å². The molecule has 0 saturated heterocycles. The molecule has 0 bridgehead atoms. The summed E-state index contributed by atoms with van der Waals surface area (Å²) in [5, 5.41) is 2.12. The minimum Gasteiger partial charge on any atom is -0.293 e. The molecule has 0 N–H and O–H groups in total. The maximum Gasteiger partial charge on any atom is 0.176 e. The third kappa shape index (κ3) is 1.90. The fourth-order valence-electron chi connectivity index (χ4n) is 1.46. The molecule has 1 aliphatic rings. The van der Waals surface area contributed by atoms with Gasteiger partial charge in [0.1, 0.15) is 0 Å². The molecule has 0 fully saturated rings. The molecule has 72 valence electrons. The predicted octanol–water partition coefficient (Wildman–Crippen LogP) is 3.20. The van der Waals surface area contributed by atoms with E-state index < -0.39 is 0 Å². The highest BCUT2D eigenvalue weighted by atomic mass is 32.2. The lowest BCUT2D eigenvalue weighted by Crippen LogP contribution is -2.13. The molecule has 2 rings (SSSR count). The first-order valence-electron chi connectivity index (χ1n) is 4.69. The molecule has 0 saturated carbocycles. The normalized spacial score (nSPS) is 19.9. The van der Waals surface area contributed by atoms with Gasteiger partial charge in [0.25, 0.3) is 0 Å². The number of thioether (sulfide) groups is 1. The van der Waals surface area contributed by atoms with Crippen molar-refractivity contribution in [2.24, 2.45) is 0 Å². The third-order valence-electron chi connectivity index (χ3n) is 2.32. The summed E-state index contributed by atoms with van der Waals surface area (Å²) < 4.78 is 0. The summed E-state index contributed by atoms with van der Waals surface area (Å²) in [6.07, 6.45) is 2.93. The van der Waals surface area contributed by atoms with E-state index in [1.54, 1.807) is 11.8 Å². The zero-order valence-corrected chi connectivity index (χ0v) is 8.88. The molecule has 1 aromatic carbocycles. The van der Waals surface area contributed by atoms with Crippen molar-refractivity contribution >= 4 is 17.5 Å². The van der Waals surface area contributed by atoms with E-state index in [0.29, 0.717) is 0 Å². The molecule has 0 aliphatic carbocycles. The smallest absolute Gasteiger partial charge is 0.176 e. The van der Waals surface area contributed by atoms with Gasteiger partial charge in [0.05, 0.1) is 5.25 Å². The van der Waals surface area contributed by atoms with Gasteiger partial charge in [-0.1, -0.05) is 35.9 Å². The Morgan fingerprint density at radius 1 is 1.36 bits per heavy atom. The van der Waals surface area contributed by atoms with Crippen molar-refractivity contribution in [2.75, 3.05) is 0 Å². The van der Waals surface area contributed by atoms with E-state index in [1.165, 1.54) is 5.56 Å². The first-order valence-corrected chi connectivity index (χ1v) is 5.63. The molecule has 1 aromatic rings. The molecule has 0 radical (unpaired) electrons. The number of Topliss-reactive ketones (excluding diaryl/α,β-unsaturated/α-hetero) is 1. The molecule has 2 heteroatoms. The van der Waals surface area contributed by atoms with Crippen LogP contribution in [-0.4, -0.2) is 11.0 Å². The highest BCUT2D eigenvalue weighted by Gasteiger charge is 2.20. The van der Waals surface area contributed by atoms with Crippen molar-refractivity contribution in [2.45, 2.75) is 18.6 Å². The summed E-state index contributed by atoms with van der Waals surface area (Å²) in [5.41, 5.74) is 2.02. The number of hydrogen-bond donors (Lipinski definition) is 0. The Kier molecular flexibility index (Phi) is 2.73. The highest BCUT2D eigenvalue weighted by molar-refractivity contribution is 8.03. The molecule has 1 atom stereocenters. The van der Waals surface area contributed by atoms with Gasteiger partial charge < -0.3 is 0 Å². The van der Waals surface area contributed by atoms with Crippen molar-refractivity contribution in [1.29, 1.82) is 0 Å². The van der Waals surface area contributed by atoms with Crippen molar-refractivity contribution in [1.82, 2.24) is 0 Å². The molecule has 0 amide bonds. The Labute approximate surface area is 88.2 Å². The summed E-state index contributed by atoms with van der Waals surface area (Å²) in [7, 11) is 0. The van der Waals surface area contributed by atoms with Crippen molar-refractivity contribution in [3.63, 3.8) is 0 Å². The SMILES string of the molecule is Cc1ccc(C(=O)C2CC=CS2)cc1. The number of aryl methyl sites for hydroxylation is 1. The molecular weight excluding hydrogens is 192 g/mol. The van der Waals surface area contributed by atoms with Crippen LogP contribution >= 0.6 is 11.8 Å². The fraction of sp³-hybridized carbons (Fsp3) is 0.250. The van der Waals surface area contributed by atoms with Gasteiger partial charge in [-0.05, 0) is 18.8 Å². The maximum atomic E-state index is 11.9. The van der Waals surface area contributed by atoms with E-state index in [0.717, 1.165) is 12.0 Å². The summed E-state index contributed by atoms with van der Waals surface area (Å²) in [6, 6.07) is 7.80. The van der Waals surface area contributed by atoms with E-state index >= 15 is 0 Å². The Morgan fingerprint density at radius 2 is 2.07 bits per heavy atom. The Balaban J connectivity index is 2.14. The molecule has 1 heterocycles. The van der Waals surface area contributed by atoms with Gasteiger partial charge in [0, 0.05) is 5.56 Å². The van der Waals surface area contributed by atoms with Crippen LogP contribution in [-0.2, 0) is 0 Å². The zero-order valence-electron chi connectivity index (χ0n) is 8.07. The van der Waals surface area contributed by atoms with Crippen LogP contribution in [0, 0.1) is 6.92 Å². The van der Waals surface area contributed by atoms with E-state index in [-0.39, 0.29) is 11.0 Å². The van der Waals surface area contributed by atoms with Crippen molar-refractivity contribution in [3.8, 4) is 0 Å². The standard InChI is InChI=1S/C12H12OS/c1-9-4-6-10(7-5-9)12(13)11-3-2-8-14-11/h2,4-8,11H,3H2,1H3. The molecule has 1 aliphatic heterocycles. The Morgan fingerprint density at radius 3 is 2.64 bits per heavy atom. The predicted molar refractivity (Wildman–Crippen MR) is 60.6 cm³/mol. The second-order valence-electron chi connectivity index (χ2n) is 3.46. The van der Waals surface area contributed by atoms with Crippen LogP contribution in [0.15, 0.2) is 35.7 Å². The molecule has 0 aromatic heterocycles. The minimum absolute atomic E-state index is 0.109. The maximum absolute atomic E-state index is 11.9. The lowest BCUT2D eigenvalue weighted by molar-refractivity contribution is 0.0990. The van der Waals surface area contributed by atoms with Crippen LogP contribution in [0.2, 0.25) is 0 Å². The number of allylic oxidation sites excluding steroid dienone is 1. The van der Waals surface area contributed by atoms with E-state index in [1.807, 2.05) is 36.6 Å². The van der Waals surface area contributed by atoms with Crippen LogP contribution in [0.1, 0.15) is 22.3 Å². The van der Waals surface area contributed by atoms with Gasteiger partial charge >= 0.3 is 0 Å². The lowest BCUT2D eigenvalue weighted by atomic mass is 10.0. The third-order valence-corrected chi connectivity index (χ3v) is 3.40. The van der Waals surface area contributed by atoms with Gasteiger partial charge in [-0.25, -0.2) is 0 Å². The van der Waals surface area contributed by atoms with Crippen molar-refractivity contribution in [3.05, 3.63) is 46.9 Å². The highest BCUT2D eigenvalue weighted by Crippen LogP contribution is 2.27. The second kappa shape index (κ2) is 4.01. The number of benzene rings is 1. The number of ketones is 1. The molecule has 14 heavy (non-hydrogen) atoms. The van der Waals surface area contributed by atoms with Gasteiger partial charge in [-0.2, -0.15) is 0 Å². The summed E-state index contributed by atoms with van der Waals surface area (Å²) >= 11 is 1.62. The average molecular weight is 204 g/mol. The van der Waals surface area contributed by atoms with Gasteiger partial charge in [-0.15, -0.1) is 11.8 Å². The van der Waals surface area contributed by atoms with E-state index in [9.17, 15) is 4.79 Å². The summed E-state index contributed by atoms with van der Waals surface area (Å²) in [4.78, 5) is 11.9. The number of carbonyl (C=O) groups is 1. The second-order valence-corrected chi connectivity index (χ2v) is 4.58. The fourth-order valence-corrected chi connectivity index (χ4v) is 2.35. The quantitative estimate of drug-likeness (QED) is 0.688. The topological polar surface area (TPSA) is 17.1 Å². The first kappa shape index (κ1) is 9.53. The number of rotatable bonds is 2. The average Bonchev–Trinajstić information content (AvgIpc) is 2.71. The first-order chi connectivity index (χ1) is 6.77. The monoisotopic (exact) mass is 204 g/mol. The van der Waals surface area contributed by atoms with Gasteiger partial charge in [0.2, 0.25) is 0 Å².